The maximum absolute atomic E-state index is 13.0. The largest absolute Gasteiger partial charge is 0.352 e. The van der Waals surface area contributed by atoms with Gasteiger partial charge < -0.3 is 10.6 Å². The summed E-state index contributed by atoms with van der Waals surface area (Å²) in [6.45, 7) is 6.28. The minimum Gasteiger partial charge on any atom is -0.352 e. The van der Waals surface area contributed by atoms with Gasteiger partial charge in [0.2, 0.25) is 5.91 Å². The molecule has 4 saturated carbocycles. The second-order valence-corrected chi connectivity index (χ2v) is 8.67. The van der Waals surface area contributed by atoms with Crippen molar-refractivity contribution < 1.29 is 4.79 Å². The average molecular weight is 290 g/mol. The van der Waals surface area contributed by atoms with Crippen molar-refractivity contribution in [2.24, 2.45) is 35.0 Å². The smallest absolute Gasteiger partial charge is 0.228 e. The Kier molecular flexibility index (Phi) is 3.33. The van der Waals surface area contributed by atoms with E-state index in [1.165, 1.54) is 32.1 Å². The maximum Gasteiger partial charge on any atom is 0.228 e. The first-order valence-corrected chi connectivity index (χ1v) is 9.10. The monoisotopic (exact) mass is 290 g/mol. The third kappa shape index (κ3) is 2.15. The van der Waals surface area contributed by atoms with Crippen LogP contribution in [0.25, 0.3) is 0 Å². The van der Waals surface area contributed by atoms with Gasteiger partial charge in [-0.05, 0) is 74.7 Å². The van der Waals surface area contributed by atoms with Gasteiger partial charge >= 0.3 is 0 Å². The number of amides is 1. The Bertz CT molecular complexity index is 397. The summed E-state index contributed by atoms with van der Waals surface area (Å²) in [4.78, 5) is 13.0. The molecule has 3 nitrogen and oxygen atoms in total. The summed E-state index contributed by atoms with van der Waals surface area (Å²) in [7, 11) is 0. The molecule has 1 amide bonds. The third-order valence-electron chi connectivity index (χ3n) is 7.27. The van der Waals surface area contributed by atoms with Crippen molar-refractivity contribution in [3.8, 4) is 0 Å². The summed E-state index contributed by atoms with van der Waals surface area (Å²) in [5, 5.41) is 6.96. The molecule has 21 heavy (non-hydrogen) atoms. The molecule has 118 valence electrons. The van der Waals surface area contributed by atoms with Crippen molar-refractivity contribution in [2.45, 2.75) is 58.4 Å². The number of hydrogen-bond acceptors (Lipinski definition) is 2. The van der Waals surface area contributed by atoms with Crippen molar-refractivity contribution in [1.29, 1.82) is 0 Å². The van der Waals surface area contributed by atoms with Gasteiger partial charge in [-0.15, -0.1) is 0 Å². The molecule has 0 aromatic rings. The summed E-state index contributed by atoms with van der Waals surface area (Å²) in [6.07, 6.45) is 8.00. The zero-order valence-electron chi connectivity index (χ0n) is 13.5. The van der Waals surface area contributed by atoms with E-state index in [1.54, 1.807) is 0 Å². The first-order valence-electron chi connectivity index (χ1n) is 9.10. The van der Waals surface area contributed by atoms with Gasteiger partial charge in [0.1, 0.15) is 0 Å². The van der Waals surface area contributed by atoms with Crippen molar-refractivity contribution >= 4 is 5.91 Å². The van der Waals surface area contributed by atoms with Crippen molar-refractivity contribution in [1.82, 2.24) is 10.6 Å². The molecule has 5 fully saturated rings. The Morgan fingerprint density at radius 2 is 1.71 bits per heavy atom. The Morgan fingerprint density at radius 3 is 2.19 bits per heavy atom. The standard InChI is InChI=1S/C18H30N2O/c1-11(2)18(3-4-19-10-18)17(21)20-16-14-6-12-5-13(8-14)9-15(16)7-12/h11-16,19H,3-10H2,1-2H3,(H,20,21). The lowest BCUT2D eigenvalue weighted by atomic mass is 9.54. The van der Waals surface area contributed by atoms with Crippen LogP contribution in [0.4, 0.5) is 0 Å². The molecule has 3 heteroatoms. The minimum absolute atomic E-state index is 0.158. The maximum atomic E-state index is 13.0. The first-order chi connectivity index (χ1) is 10.1. The predicted molar refractivity (Wildman–Crippen MR) is 83.7 cm³/mol. The van der Waals surface area contributed by atoms with Crippen molar-refractivity contribution in [2.75, 3.05) is 13.1 Å². The molecule has 1 unspecified atom stereocenters. The lowest BCUT2D eigenvalue weighted by Gasteiger charge is -2.55. The van der Waals surface area contributed by atoms with Crippen LogP contribution in [-0.4, -0.2) is 25.0 Å². The highest BCUT2D eigenvalue weighted by atomic mass is 16.2. The second-order valence-electron chi connectivity index (χ2n) is 8.67. The van der Waals surface area contributed by atoms with Gasteiger partial charge in [-0.25, -0.2) is 0 Å². The molecule has 4 bridgehead atoms. The van der Waals surface area contributed by atoms with E-state index in [1.807, 2.05) is 0 Å². The van der Waals surface area contributed by atoms with Crippen LogP contribution in [-0.2, 0) is 4.79 Å². The van der Waals surface area contributed by atoms with Crippen LogP contribution in [0, 0.1) is 35.0 Å². The van der Waals surface area contributed by atoms with Crippen LogP contribution in [0.15, 0.2) is 0 Å². The summed E-state index contributed by atoms with van der Waals surface area (Å²) < 4.78 is 0. The van der Waals surface area contributed by atoms with E-state index in [9.17, 15) is 4.79 Å². The van der Waals surface area contributed by atoms with E-state index in [-0.39, 0.29) is 5.41 Å². The van der Waals surface area contributed by atoms with E-state index in [4.69, 9.17) is 0 Å². The minimum atomic E-state index is -0.158. The van der Waals surface area contributed by atoms with E-state index < -0.39 is 0 Å². The molecule has 1 heterocycles. The third-order valence-corrected chi connectivity index (χ3v) is 7.27. The highest BCUT2D eigenvalue weighted by Crippen LogP contribution is 2.54. The Balaban J connectivity index is 1.49. The molecule has 0 spiro atoms. The average Bonchev–Trinajstić information content (AvgIpc) is 2.92. The molecule has 0 aromatic heterocycles. The van der Waals surface area contributed by atoms with Crippen LogP contribution in [0.5, 0.6) is 0 Å². The molecule has 1 atom stereocenters. The summed E-state index contributed by atoms with van der Waals surface area (Å²) in [6, 6.07) is 0.488. The summed E-state index contributed by atoms with van der Waals surface area (Å²) >= 11 is 0. The van der Waals surface area contributed by atoms with Gasteiger partial charge in [0.15, 0.2) is 0 Å². The normalized spacial score (nSPS) is 48.0. The van der Waals surface area contributed by atoms with Crippen LogP contribution in [0.1, 0.15) is 52.4 Å². The molecule has 5 rings (SSSR count). The first kappa shape index (κ1) is 14.0. The molecule has 4 aliphatic carbocycles. The van der Waals surface area contributed by atoms with E-state index in [0.717, 1.165) is 43.2 Å². The molecular weight excluding hydrogens is 260 g/mol. The van der Waals surface area contributed by atoms with Gasteiger partial charge in [0.25, 0.3) is 0 Å². The molecular formula is C18H30N2O. The van der Waals surface area contributed by atoms with Gasteiger partial charge in [-0.3, -0.25) is 4.79 Å². The number of rotatable bonds is 3. The Labute approximate surface area is 128 Å². The SMILES string of the molecule is CC(C)C1(C(=O)NC2C3CC4CC(C3)CC2C4)CCNC1. The zero-order valence-corrected chi connectivity index (χ0v) is 13.5. The van der Waals surface area contributed by atoms with Gasteiger partial charge in [0, 0.05) is 12.6 Å². The topological polar surface area (TPSA) is 41.1 Å². The fraction of sp³-hybridized carbons (Fsp3) is 0.944. The van der Waals surface area contributed by atoms with Gasteiger partial charge in [0.05, 0.1) is 5.41 Å². The van der Waals surface area contributed by atoms with Crippen LogP contribution in [0.2, 0.25) is 0 Å². The predicted octanol–water partition coefficient (Wildman–Crippen LogP) is 2.56. The molecule has 2 N–H and O–H groups in total. The lowest BCUT2D eigenvalue weighted by molar-refractivity contribution is -0.136. The number of carbonyl (C=O) groups is 1. The van der Waals surface area contributed by atoms with Crippen LogP contribution in [0.3, 0.4) is 0 Å². The van der Waals surface area contributed by atoms with E-state index >= 15 is 0 Å². The van der Waals surface area contributed by atoms with Gasteiger partial charge in [-0.2, -0.15) is 0 Å². The molecule has 0 aromatic carbocycles. The fourth-order valence-corrected chi connectivity index (χ4v) is 6.12. The Morgan fingerprint density at radius 1 is 1.10 bits per heavy atom. The fourth-order valence-electron chi connectivity index (χ4n) is 6.12. The number of nitrogens with one attached hydrogen (secondary N) is 2. The second kappa shape index (κ2) is 4.97. The van der Waals surface area contributed by atoms with E-state index in [2.05, 4.69) is 24.5 Å². The molecule has 1 saturated heterocycles. The lowest BCUT2D eigenvalue weighted by Crippen LogP contribution is -2.59. The van der Waals surface area contributed by atoms with Crippen molar-refractivity contribution in [3.63, 3.8) is 0 Å². The zero-order chi connectivity index (χ0) is 14.6. The highest BCUT2D eigenvalue weighted by molar-refractivity contribution is 5.84. The summed E-state index contributed by atoms with van der Waals surface area (Å²) in [5.41, 5.74) is -0.158. The van der Waals surface area contributed by atoms with Crippen LogP contribution >= 0.6 is 0 Å². The van der Waals surface area contributed by atoms with Crippen LogP contribution < -0.4 is 10.6 Å². The number of carbonyl (C=O) groups excluding carboxylic acids is 1. The highest BCUT2D eigenvalue weighted by Gasteiger charge is 2.51. The molecule has 0 radical (unpaired) electrons. The van der Waals surface area contributed by atoms with Gasteiger partial charge in [-0.1, -0.05) is 13.8 Å². The Hall–Kier alpha value is -0.570. The summed E-state index contributed by atoms with van der Waals surface area (Å²) in [5.74, 6) is 4.29. The van der Waals surface area contributed by atoms with Crippen molar-refractivity contribution in [3.05, 3.63) is 0 Å². The molecule has 1 aliphatic heterocycles. The van der Waals surface area contributed by atoms with E-state index in [0.29, 0.717) is 17.9 Å². The number of hydrogen-bond donors (Lipinski definition) is 2. The quantitative estimate of drug-likeness (QED) is 0.839. The molecule has 5 aliphatic rings.